The van der Waals surface area contributed by atoms with Crippen LogP contribution in [0.15, 0.2) is 24.3 Å². The highest BCUT2D eigenvalue weighted by Gasteiger charge is 2.44. The number of nitrogens with zero attached hydrogens (tertiary/aromatic N) is 1. The Morgan fingerprint density at radius 1 is 1.43 bits per heavy atom. The number of carbonyl (C=O) groups excluding carboxylic acids is 1. The summed E-state index contributed by atoms with van der Waals surface area (Å²) in [5.41, 5.74) is 1.05. The van der Waals surface area contributed by atoms with Gasteiger partial charge in [0.15, 0.2) is 0 Å². The lowest BCUT2D eigenvalue weighted by Gasteiger charge is -2.22. The first-order valence-electron chi connectivity index (χ1n) is 7.36. The molecule has 1 aliphatic rings. The highest BCUT2D eigenvalue weighted by molar-refractivity contribution is 5.74. The van der Waals surface area contributed by atoms with Crippen molar-refractivity contribution in [3.8, 4) is 0 Å². The largest absolute Gasteiger partial charge is 0.393 e. The fourth-order valence-electron chi connectivity index (χ4n) is 2.38. The molecule has 1 aromatic rings. The van der Waals surface area contributed by atoms with Gasteiger partial charge < -0.3 is 15.3 Å². The summed E-state index contributed by atoms with van der Waals surface area (Å²) in [6.45, 7) is 2.79. The first-order valence-corrected chi connectivity index (χ1v) is 7.36. The van der Waals surface area contributed by atoms with Gasteiger partial charge in [-0.15, -0.1) is 0 Å². The number of aliphatic hydroxyl groups is 1. The topological polar surface area (TPSA) is 52.6 Å². The summed E-state index contributed by atoms with van der Waals surface area (Å²) in [6.07, 6.45) is 2.17. The van der Waals surface area contributed by atoms with Crippen molar-refractivity contribution < 1.29 is 14.3 Å². The molecule has 1 saturated carbocycles. The number of hydrogen-bond donors (Lipinski definition) is 2. The molecule has 2 N–H and O–H groups in total. The molecule has 1 aromatic carbocycles. The van der Waals surface area contributed by atoms with Crippen molar-refractivity contribution in [2.45, 2.75) is 37.7 Å². The third-order valence-corrected chi connectivity index (χ3v) is 4.12. The van der Waals surface area contributed by atoms with Crippen LogP contribution in [0.1, 0.15) is 31.7 Å². The molecule has 0 bridgehead atoms. The predicted octanol–water partition coefficient (Wildman–Crippen LogP) is 2.27. The van der Waals surface area contributed by atoms with Crippen LogP contribution in [0.5, 0.6) is 0 Å². The molecule has 1 unspecified atom stereocenters. The van der Waals surface area contributed by atoms with E-state index >= 15 is 0 Å². The van der Waals surface area contributed by atoms with Crippen molar-refractivity contribution in [3.63, 3.8) is 0 Å². The second-order valence-corrected chi connectivity index (χ2v) is 6.01. The minimum atomic E-state index is -0.408. The summed E-state index contributed by atoms with van der Waals surface area (Å²) in [5, 5.41) is 12.2. The van der Waals surface area contributed by atoms with Gasteiger partial charge in [0.05, 0.1) is 6.10 Å². The Morgan fingerprint density at radius 3 is 2.57 bits per heavy atom. The molecule has 1 atom stereocenters. The number of rotatable bonds is 6. The summed E-state index contributed by atoms with van der Waals surface area (Å²) in [7, 11) is 1.72. The lowest BCUT2D eigenvalue weighted by molar-refractivity contribution is 0.163. The summed E-state index contributed by atoms with van der Waals surface area (Å²) in [6, 6.07) is 6.39. The molecular weight excluding hydrogens is 271 g/mol. The molecule has 21 heavy (non-hydrogen) atoms. The van der Waals surface area contributed by atoms with Crippen LogP contribution in [0.2, 0.25) is 0 Å². The number of carbonyl (C=O) groups is 1. The van der Waals surface area contributed by atoms with Crippen molar-refractivity contribution in [2.75, 3.05) is 20.1 Å². The van der Waals surface area contributed by atoms with Crippen LogP contribution in [0.4, 0.5) is 9.18 Å². The number of benzene rings is 1. The maximum atomic E-state index is 13.0. The number of nitrogens with one attached hydrogen (secondary N) is 1. The third-order valence-electron chi connectivity index (χ3n) is 4.12. The minimum absolute atomic E-state index is 0.0333. The van der Waals surface area contributed by atoms with E-state index in [1.807, 2.05) is 0 Å². The van der Waals surface area contributed by atoms with Crippen molar-refractivity contribution in [2.24, 2.45) is 0 Å². The average molecular weight is 294 g/mol. The highest BCUT2D eigenvalue weighted by atomic mass is 19.1. The zero-order chi connectivity index (χ0) is 15.5. The maximum absolute atomic E-state index is 13.0. The smallest absolute Gasteiger partial charge is 0.317 e. The van der Waals surface area contributed by atoms with Crippen molar-refractivity contribution >= 4 is 6.03 Å². The van der Waals surface area contributed by atoms with Gasteiger partial charge in [0, 0.05) is 25.6 Å². The van der Waals surface area contributed by atoms with Crippen LogP contribution in [0.25, 0.3) is 0 Å². The van der Waals surface area contributed by atoms with Gasteiger partial charge in [0.1, 0.15) is 5.82 Å². The van der Waals surface area contributed by atoms with Gasteiger partial charge in [-0.05, 0) is 43.9 Å². The average Bonchev–Trinajstić information content (AvgIpc) is 3.24. The molecule has 0 heterocycles. The summed E-state index contributed by atoms with van der Waals surface area (Å²) in [5.74, 6) is -0.239. The van der Waals surface area contributed by atoms with E-state index < -0.39 is 6.10 Å². The maximum Gasteiger partial charge on any atom is 0.317 e. The highest BCUT2D eigenvalue weighted by Crippen LogP contribution is 2.47. The Kier molecular flexibility index (Phi) is 4.83. The van der Waals surface area contributed by atoms with Gasteiger partial charge in [-0.2, -0.15) is 0 Å². The summed E-state index contributed by atoms with van der Waals surface area (Å²) in [4.78, 5) is 13.6. The van der Waals surface area contributed by atoms with Crippen LogP contribution in [0.3, 0.4) is 0 Å². The van der Waals surface area contributed by atoms with E-state index in [-0.39, 0.29) is 17.3 Å². The van der Waals surface area contributed by atoms with E-state index in [4.69, 9.17) is 0 Å². The molecule has 4 nitrogen and oxygen atoms in total. The first kappa shape index (κ1) is 15.8. The monoisotopic (exact) mass is 294 g/mol. The number of halogens is 1. The van der Waals surface area contributed by atoms with Crippen LogP contribution < -0.4 is 5.32 Å². The quantitative estimate of drug-likeness (QED) is 0.845. The Morgan fingerprint density at radius 2 is 2.05 bits per heavy atom. The number of aliphatic hydroxyl groups excluding tert-OH is 1. The second kappa shape index (κ2) is 6.43. The van der Waals surface area contributed by atoms with E-state index in [0.717, 1.165) is 18.4 Å². The molecule has 0 saturated heterocycles. The van der Waals surface area contributed by atoms with E-state index in [0.29, 0.717) is 19.5 Å². The molecular formula is C16H23FN2O2. The molecule has 0 spiro atoms. The van der Waals surface area contributed by atoms with Gasteiger partial charge >= 0.3 is 6.03 Å². The molecule has 2 amide bonds. The Balaban J connectivity index is 1.85. The second-order valence-electron chi connectivity index (χ2n) is 6.01. The minimum Gasteiger partial charge on any atom is -0.393 e. The van der Waals surface area contributed by atoms with E-state index in [1.54, 1.807) is 31.0 Å². The number of urea groups is 1. The summed E-state index contributed by atoms with van der Waals surface area (Å²) < 4.78 is 13.0. The zero-order valence-electron chi connectivity index (χ0n) is 12.6. The Labute approximate surface area is 125 Å². The Hall–Kier alpha value is -1.62. The fourth-order valence-corrected chi connectivity index (χ4v) is 2.38. The van der Waals surface area contributed by atoms with E-state index in [1.165, 1.54) is 12.1 Å². The van der Waals surface area contributed by atoms with Gasteiger partial charge in [0.2, 0.25) is 0 Å². The van der Waals surface area contributed by atoms with E-state index in [9.17, 15) is 14.3 Å². The number of hydrogen-bond acceptors (Lipinski definition) is 2. The van der Waals surface area contributed by atoms with Gasteiger partial charge in [-0.25, -0.2) is 9.18 Å². The Bertz CT molecular complexity index is 484. The SMILES string of the molecule is CC(O)CCN(C)C(=O)NCC1(c2ccc(F)cc2)CC1. The fraction of sp³-hybridized carbons (Fsp3) is 0.562. The zero-order valence-corrected chi connectivity index (χ0v) is 12.6. The molecule has 116 valence electrons. The van der Waals surface area contributed by atoms with Gasteiger partial charge in [-0.3, -0.25) is 0 Å². The van der Waals surface area contributed by atoms with Gasteiger partial charge in [-0.1, -0.05) is 12.1 Å². The lowest BCUT2D eigenvalue weighted by Crippen LogP contribution is -2.41. The molecule has 2 rings (SSSR count). The van der Waals surface area contributed by atoms with Crippen LogP contribution in [-0.4, -0.2) is 42.3 Å². The standard InChI is InChI=1S/C16H23FN2O2/c1-12(20)7-10-19(2)15(21)18-11-16(8-9-16)13-3-5-14(17)6-4-13/h3-6,12,20H,7-11H2,1-2H3,(H,18,21). The molecule has 5 heteroatoms. The lowest BCUT2D eigenvalue weighted by atomic mass is 9.96. The molecule has 0 radical (unpaired) electrons. The summed E-state index contributed by atoms with van der Waals surface area (Å²) >= 11 is 0. The van der Waals surface area contributed by atoms with E-state index in [2.05, 4.69) is 5.32 Å². The predicted molar refractivity (Wildman–Crippen MR) is 79.6 cm³/mol. The van der Waals surface area contributed by atoms with Gasteiger partial charge in [0.25, 0.3) is 0 Å². The molecule has 0 aromatic heterocycles. The van der Waals surface area contributed by atoms with Crippen molar-refractivity contribution in [1.82, 2.24) is 10.2 Å². The van der Waals surface area contributed by atoms with Crippen LogP contribution >= 0.6 is 0 Å². The first-order chi connectivity index (χ1) is 9.93. The molecule has 0 aliphatic heterocycles. The number of amides is 2. The third kappa shape index (κ3) is 4.17. The molecule has 1 fully saturated rings. The molecule has 1 aliphatic carbocycles. The van der Waals surface area contributed by atoms with Crippen molar-refractivity contribution in [3.05, 3.63) is 35.6 Å². The van der Waals surface area contributed by atoms with Crippen molar-refractivity contribution in [1.29, 1.82) is 0 Å². The normalized spacial score (nSPS) is 17.1. The van der Waals surface area contributed by atoms with Crippen LogP contribution in [0, 0.1) is 5.82 Å². The van der Waals surface area contributed by atoms with Crippen LogP contribution in [-0.2, 0) is 5.41 Å².